The van der Waals surface area contributed by atoms with Crippen LogP contribution in [-0.4, -0.2) is 49.5 Å². The molecule has 1 aliphatic rings. The summed E-state index contributed by atoms with van der Waals surface area (Å²) in [4.78, 5) is 2.40. The van der Waals surface area contributed by atoms with E-state index in [0.717, 1.165) is 32.7 Å². The predicted molar refractivity (Wildman–Crippen MR) is 52.7 cm³/mol. The van der Waals surface area contributed by atoms with Crippen molar-refractivity contribution in [2.75, 3.05) is 39.5 Å². The Morgan fingerprint density at radius 1 is 1.38 bits per heavy atom. The van der Waals surface area contributed by atoms with Crippen LogP contribution in [0.4, 0.5) is 0 Å². The first kappa shape index (κ1) is 11.0. The van der Waals surface area contributed by atoms with Crippen molar-refractivity contribution in [1.82, 2.24) is 4.90 Å². The molecule has 0 bridgehead atoms. The molecule has 3 nitrogen and oxygen atoms in total. The smallest absolute Gasteiger partial charge is 0.0483 e. The Morgan fingerprint density at radius 2 is 2.15 bits per heavy atom. The molecular weight excluding hydrogens is 166 g/mol. The Kier molecular flexibility index (Phi) is 5.35. The number of unbranched alkanes of at least 4 members (excludes halogenated alkanes) is 1. The molecule has 1 saturated heterocycles. The lowest BCUT2D eigenvalue weighted by Crippen LogP contribution is -2.48. The van der Waals surface area contributed by atoms with Gasteiger partial charge in [0, 0.05) is 38.8 Å². The fraction of sp³-hybridized carbons (Fsp3) is 1.00. The third-order valence-electron chi connectivity index (χ3n) is 2.51. The number of aliphatic hydroxyl groups excluding tert-OH is 1. The van der Waals surface area contributed by atoms with Crippen molar-refractivity contribution in [1.29, 1.82) is 0 Å². The van der Waals surface area contributed by atoms with Gasteiger partial charge in [0.1, 0.15) is 0 Å². The van der Waals surface area contributed by atoms with Crippen molar-refractivity contribution >= 4 is 0 Å². The number of hydrogen-bond donors (Lipinski definition) is 1. The average molecular weight is 187 g/mol. The monoisotopic (exact) mass is 187 g/mol. The van der Waals surface area contributed by atoms with Crippen molar-refractivity contribution in [2.24, 2.45) is 5.92 Å². The number of ether oxygens (including phenoxy) is 1. The lowest BCUT2D eigenvalue weighted by Gasteiger charge is -2.38. The number of nitrogens with zero attached hydrogens (tertiary/aromatic N) is 1. The maximum Gasteiger partial charge on any atom is 0.0483 e. The van der Waals surface area contributed by atoms with Gasteiger partial charge in [-0.1, -0.05) is 0 Å². The molecule has 13 heavy (non-hydrogen) atoms. The standard InChI is InChI=1S/C10H21NO2/c1-2-13-6-4-3-5-11-7-10(8-11)9-12/h10,12H,2-9H2,1H3. The van der Waals surface area contributed by atoms with E-state index in [1.54, 1.807) is 0 Å². The van der Waals surface area contributed by atoms with E-state index in [0.29, 0.717) is 12.5 Å². The van der Waals surface area contributed by atoms with Gasteiger partial charge in [0.15, 0.2) is 0 Å². The minimum Gasteiger partial charge on any atom is -0.396 e. The fourth-order valence-electron chi connectivity index (χ4n) is 1.66. The molecule has 1 heterocycles. The normalized spacial score (nSPS) is 18.9. The average Bonchev–Trinajstić information content (AvgIpc) is 2.08. The molecule has 0 aromatic heterocycles. The van der Waals surface area contributed by atoms with Crippen LogP contribution in [0.3, 0.4) is 0 Å². The van der Waals surface area contributed by atoms with E-state index in [2.05, 4.69) is 4.90 Å². The van der Waals surface area contributed by atoms with Gasteiger partial charge in [0.05, 0.1) is 0 Å². The Hall–Kier alpha value is -0.120. The number of rotatable bonds is 7. The summed E-state index contributed by atoms with van der Waals surface area (Å²) in [7, 11) is 0. The van der Waals surface area contributed by atoms with Crippen LogP contribution in [0.1, 0.15) is 19.8 Å². The second kappa shape index (κ2) is 6.35. The van der Waals surface area contributed by atoms with Crippen LogP contribution in [0.2, 0.25) is 0 Å². The van der Waals surface area contributed by atoms with E-state index in [9.17, 15) is 0 Å². The topological polar surface area (TPSA) is 32.7 Å². The van der Waals surface area contributed by atoms with Gasteiger partial charge in [-0.3, -0.25) is 0 Å². The maximum atomic E-state index is 8.80. The minimum atomic E-state index is 0.357. The molecule has 0 saturated carbocycles. The number of hydrogen-bond acceptors (Lipinski definition) is 3. The summed E-state index contributed by atoms with van der Waals surface area (Å²) in [5.74, 6) is 0.548. The summed E-state index contributed by atoms with van der Waals surface area (Å²) in [6, 6.07) is 0. The minimum absolute atomic E-state index is 0.357. The summed E-state index contributed by atoms with van der Waals surface area (Å²) in [5, 5.41) is 8.80. The van der Waals surface area contributed by atoms with Crippen LogP contribution in [0, 0.1) is 5.92 Å². The van der Waals surface area contributed by atoms with Crippen LogP contribution in [-0.2, 0) is 4.74 Å². The summed E-state index contributed by atoms with van der Waals surface area (Å²) in [5.41, 5.74) is 0. The van der Waals surface area contributed by atoms with E-state index in [1.807, 2.05) is 6.92 Å². The highest BCUT2D eigenvalue weighted by molar-refractivity contribution is 4.78. The largest absolute Gasteiger partial charge is 0.396 e. The van der Waals surface area contributed by atoms with E-state index in [-0.39, 0.29) is 0 Å². The van der Waals surface area contributed by atoms with Gasteiger partial charge in [-0.2, -0.15) is 0 Å². The highest BCUT2D eigenvalue weighted by atomic mass is 16.5. The second-order valence-corrected chi connectivity index (χ2v) is 3.71. The lowest BCUT2D eigenvalue weighted by atomic mass is 10.0. The van der Waals surface area contributed by atoms with Crippen LogP contribution in [0.5, 0.6) is 0 Å². The summed E-state index contributed by atoms with van der Waals surface area (Å²) in [6.07, 6.45) is 2.38. The van der Waals surface area contributed by atoms with E-state index in [1.165, 1.54) is 13.0 Å². The van der Waals surface area contributed by atoms with Gasteiger partial charge >= 0.3 is 0 Å². The SMILES string of the molecule is CCOCCCCN1CC(CO)C1. The van der Waals surface area contributed by atoms with E-state index < -0.39 is 0 Å². The van der Waals surface area contributed by atoms with Gasteiger partial charge < -0.3 is 14.7 Å². The molecule has 1 aliphatic heterocycles. The highest BCUT2D eigenvalue weighted by Gasteiger charge is 2.24. The van der Waals surface area contributed by atoms with Gasteiger partial charge in [0.25, 0.3) is 0 Å². The third-order valence-corrected chi connectivity index (χ3v) is 2.51. The Morgan fingerprint density at radius 3 is 2.77 bits per heavy atom. The fourth-order valence-corrected chi connectivity index (χ4v) is 1.66. The molecule has 0 unspecified atom stereocenters. The quantitative estimate of drug-likeness (QED) is 0.596. The first-order valence-electron chi connectivity index (χ1n) is 5.27. The molecule has 78 valence electrons. The Balaban J connectivity index is 1.80. The molecule has 0 aliphatic carbocycles. The van der Waals surface area contributed by atoms with E-state index in [4.69, 9.17) is 9.84 Å². The lowest BCUT2D eigenvalue weighted by molar-refractivity contribution is 0.0501. The molecule has 0 atom stereocenters. The van der Waals surface area contributed by atoms with Crippen molar-refractivity contribution < 1.29 is 9.84 Å². The number of aliphatic hydroxyl groups is 1. The molecule has 0 amide bonds. The van der Waals surface area contributed by atoms with Crippen LogP contribution < -0.4 is 0 Å². The van der Waals surface area contributed by atoms with Crippen LogP contribution in [0.15, 0.2) is 0 Å². The van der Waals surface area contributed by atoms with Gasteiger partial charge in [-0.05, 0) is 26.3 Å². The molecule has 0 aromatic rings. The van der Waals surface area contributed by atoms with Crippen LogP contribution in [0.25, 0.3) is 0 Å². The van der Waals surface area contributed by atoms with Crippen molar-refractivity contribution in [3.63, 3.8) is 0 Å². The first-order valence-corrected chi connectivity index (χ1v) is 5.27. The van der Waals surface area contributed by atoms with Crippen molar-refractivity contribution in [3.05, 3.63) is 0 Å². The van der Waals surface area contributed by atoms with E-state index >= 15 is 0 Å². The van der Waals surface area contributed by atoms with Crippen molar-refractivity contribution in [2.45, 2.75) is 19.8 Å². The summed E-state index contributed by atoms with van der Waals surface area (Å²) >= 11 is 0. The second-order valence-electron chi connectivity index (χ2n) is 3.71. The zero-order chi connectivity index (χ0) is 9.52. The molecule has 1 fully saturated rings. The third kappa shape index (κ3) is 4.07. The molecule has 1 N–H and O–H groups in total. The predicted octanol–water partition coefficient (Wildman–Crippen LogP) is 0.727. The molecule has 0 aromatic carbocycles. The highest BCUT2D eigenvalue weighted by Crippen LogP contribution is 2.14. The zero-order valence-electron chi connectivity index (χ0n) is 8.54. The van der Waals surface area contributed by atoms with Gasteiger partial charge in [-0.15, -0.1) is 0 Å². The Labute approximate surface area is 80.7 Å². The summed E-state index contributed by atoms with van der Waals surface area (Å²) in [6.45, 7) is 7.46. The number of likely N-dealkylation sites (tertiary alicyclic amines) is 1. The molecule has 3 heteroatoms. The Bertz CT molecular complexity index is 124. The van der Waals surface area contributed by atoms with Crippen molar-refractivity contribution in [3.8, 4) is 0 Å². The first-order chi connectivity index (χ1) is 6.36. The molecule has 0 spiro atoms. The van der Waals surface area contributed by atoms with Crippen LogP contribution >= 0.6 is 0 Å². The van der Waals surface area contributed by atoms with Gasteiger partial charge in [-0.25, -0.2) is 0 Å². The van der Waals surface area contributed by atoms with Gasteiger partial charge in [0.2, 0.25) is 0 Å². The maximum absolute atomic E-state index is 8.80. The zero-order valence-corrected chi connectivity index (χ0v) is 8.54. The summed E-state index contributed by atoms with van der Waals surface area (Å²) < 4.78 is 5.25. The molecule has 0 radical (unpaired) electrons. The molecule has 1 rings (SSSR count). The molecular formula is C10H21NO2.